The molecule has 0 amide bonds. The Kier molecular flexibility index (Phi) is 6.98. The molecule has 0 aliphatic rings. The van der Waals surface area contributed by atoms with E-state index in [4.69, 9.17) is 4.42 Å². The minimum absolute atomic E-state index is 0.809. The Labute approximate surface area is 344 Å². The van der Waals surface area contributed by atoms with Crippen LogP contribution in [0, 0.1) is 0 Å². The van der Waals surface area contributed by atoms with Crippen LogP contribution in [0.4, 0.5) is 0 Å². The van der Waals surface area contributed by atoms with Crippen molar-refractivity contribution in [1.29, 1.82) is 0 Å². The maximum Gasteiger partial charge on any atom is 0.175 e. The number of para-hydroxylation sites is 4. The van der Waals surface area contributed by atoms with E-state index in [-0.39, 0.29) is 0 Å². The summed E-state index contributed by atoms with van der Waals surface area (Å²) in [5.41, 5.74) is 13.6. The van der Waals surface area contributed by atoms with E-state index in [9.17, 15) is 0 Å². The maximum absolute atomic E-state index is 7.45. The molecule has 60 heavy (non-hydrogen) atoms. The normalized spacial score (nSPS) is 12.0. The van der Waals surface area contributed by atoms with Crippen LogP contribution in [0.2, 0.25) is 0 Å². The first-order valence-electron chi connectivity index (χ1n) is 20.5. The highest BCUT2D eigenvalue weighted by atomic mass is 16.3. The summed E-state index contributed by atoms with van der Waals surface area (Å²) in [4.78, 5) is 0. The highest BCUT2D eigenvalue weighted by molar-refractivity contribution is 6.22. The molecule has 13 rings (SSSR count). The molecule has 0 atom stereocenters. The van der Waals surface area contributed by atoms with Crippen molar-refractivity contribution in [1.82, 2.24) is 13.7 Å². The van der Waals surface area contributed by atoms with E-state index < -0.39 is 0 Å². The topological polar surface area (TPSA) is 27.9 Å². The van der Waals surface area contributed by atoms with Crippen LogP contribution >= 0.6 is 0 Å². The van der Waals surface area contributed by atoms with Gasteiger partial charge in [-0.25, -0.2) is 0 Å². The predicted molar refractivity (Wildman–Crippen MR) is 251 cm³/mol. The lowest BCUT2D eigenvalue weighted by Gasteiger charge is -2.19. The van der Waals surface area contributed by atoms with E-state index in [1.807, 2.05) is 0 Å². The molecule has 4 heteroatoms. The monoisotopic (exact) mass is 765 g/mol. The van der Waals surface area contributed by atoms with Crippen molar-refractivity contribution in [3.63, 3.8) is 0 Å². The van der Waals surface area contributed by atoms with Gasteiger partial charge in [0.2, 0.25) is 0 Å². The second-order valence-electron chi connectivity index (χ2n) is 15.7. The zero-order valence-electron chi connectivity index (χ0n) is 32.5. The van der Waals surface area contributed by atoms with E-state index in [0.29, 0.717) is 0 Å². The minimum atomic E-state index is 0.809. The zero-order chi connectivity index (χ0) is 39.3. The van der Waals surface area contributed by atoms with Crippen molar-refractivity contribution < 1.29 is 4.42 Å². The predicted octanol–water partition coefficient (Wildman–Crippen LogP) is 15.1. The molecule has 0 saturated heterocycles. The quantitative estimate of drug-likeness (QED) is 0.130. The fourth-order valence-electron chi connectivity index (χ4n) is 9.75. The van der Waals surface area contributed by atoms with E-state index in [0.717, 1.165) is 83.0 Å². The molecule has 0 N–H and O–H groups in total. The molecule has 0 aliphatic heterocycles. The molecule has 280 valence electrons. The number of aromatic nitrogens is 3. The van der Waals surface area contributed by atoms with Crippen LogP contribution in [0.25, 0.3) is 116 Å². The average molecular weight is 766 g/mol. The standard InChI is InChI=1S/C56H35N3O/c1-4-18-41(19-5-1)57-48-26-13-12-24-44(48)46-32-39(28-29-49(46)57)40-34-52-55-53(35-40)59(43-22-8-3-9-23-43)51-33-38-16-11-10-15-37(38)31-47(51)45-25-14-17-36-27-30-50(56(60-55)54(36)45)58(52)42-20-6-2-7-21-42/h1-35H. The molecule has 0 radical (unpaired) electrons. The van der Waals surface area contributed by atoms with Crippen LogP contribution in [-0.4, -0.2) is 13.7 Å². The molecule has 3 aromatic heterocycles. The average Bonchev–Trinajstić information content (AvgIpc) is 3.66. The minimum Gasteiger partial charge on any atom is -0.450 e. The smallest absolute Gasteiger partial charge is 0.175 e. The second kappa shape index (κ2) is 12.7. The molecule has 3 heterocycles. The summed E-state index contributed by atoms with van der Waals surface area (Å²) in [6.07, 6.45) is 0. The van der Waals surface area contributed by atoms with Crippen LogP contribution in [0.1, 0.15) is 0 Å². The summed E-state index contributed by atoms with van der Waals surface area (Å²) in [5.74, 6) is 0. The molecule has 6 bridgehead atoms. The van der Waals surface area contributed by atoms with Crippen LogP contribution < -0.4 is 0 Å². The van der Waals surface area contributed by atoms with Crippen molar-refractivity contribution in [3.05, 3.63) is 212 Å². The van der Waals surface area contributed by atoms with Gasteiger partial charge >= 0.3 is 0 Å². The van der Waals surface area contributed by atoms with E-state index >= 15 is 0 Å². The van der Waals surface area contributed by atoms with Crippen LogP contribution in [0.15, 0.2) is 217 Å². The Balaban J connectivity index is 1.27. The summed E-state index contributed by atoms with van der Waals surface area (Å²) < 4.78 is 14.6. The van der Waals surface area contributed by atoms with Crippen LogP contribution in [-0.2, 0) is 0 Å². The number of hydrogen-bond acceptors (Lipinski definition) is 1. The third-order valence-electron chi connectivity index (χ3n) is 12.4. The summed E-state index contributed by atoms with van der Waals surface area (Å²) in [7, 11) is 0. The Bertz CT molecular complexity index is 3870. The van der Waals surface area contributed by atoms with Gasteiger partial charge < -0.3 is 18.1 Å². The van der Waals surface area contributed by atoms with Gasteiger partial charge in [0.05, 0.1) is 33.1 Å². The second-order valence-corrected chi connectivity index (χ2v) is 15.7. The van der Waals surface area contributed by atoms with Crippen molar-refractivity contribution >= 4 is 87.4 Å². The molecule has 0 saturated carbocycles. The highest BCUT2D eigenvalue weighted by Crippen LogP contribution is 2.43. The third-order valence-corrected chi connectivity index (χ3v) is 12.4. The Morgan fingerprint density at radius 3 is 1.48 bits per heavy atom. The molecule has 0 unspecified atom stereocenters. The Morgan fingerprint density at radius 1 is 0.267 bits per heavy atom. The number of benzene rings is 10. The highest BCUT2D eigenvalue weighted by Gasteiger charge is 2.21. The first kappa shape index (κ1) is 32.9. The fraction of sp³-hybridized carbons (Fsp3) is 0. The van der Waals surface area contributed by atoms with Gasteiger partial charge in [-0.15, -0.1) is 0 Å². The number of hydrogen-bond donors (Lipinski definition) is 0. The number of nitrogens with zero attached hydrogens (tertiary/aromatic N) is 3. The third kappa shape index (κ3) is 4.79. The first-order chi connectivity index (χ1) is 29.8. The molecule has 13 aromatic rings. The van der Waals surface area contributed by atoms with Gasteiger partial charge in [-0.3, -0.25) is 0 Å². The van der Waals surface area contributed by atoms with Gasteiger partial charge in [0.25, 0.3) is 0 Å². The van der Waals surface area contributed by atoms with Gasteiger partial charge in [-0.1, -0.05) is 127 Å². The van der Waals surface area contributed by atoms with Crippen LogP contribution in [0.3, 0.4) is 0 Å². The molecule has 4 nitrogen and oxygen atoms in total. The molecule has 10 aromatic carbocycles. The summed E-state index contributed by atoms with van der Waals surface area (Å²) in [6.45, 7) is 0. The molecule has 0 aliphatic carbocycles. The first-order valence-corrected chi connectivity index (χ1v) is 20.5. The number of rotatable bonds is 4. The number of fused-ring (bicyclic) bond motifs is 6. The van der Waals surface area contributed by atoms with E-state index in [1.54, 1.807) is 0 Å². The molecular formula is C56H35N3O. The van der Waals surface area contributed by atoms with Gasteiger partial charge in [0, 0.05) is 38.6 Å². The van der Waals surface area contributed by atoms with Crippen molar-refractivity contribution in [2.24, 2.45) is 0 Å². The van der Waals surface area contributed by atoms with Gasteiger partial charge in [-0.05, 0) is 118 Å². The van der Waals surface area contributed by atoms with Gasteiger partial charge in [-0.2, -0.15) is 0 Å². The molecular weight excluding hydrogens is 731 g/mol. The largest absolute Gasteiger partial charge is 0.450 e. The summed E-state index contributed by atoms with van der Waals surface area (Å²) in [5, 5.41) is 9.32. The lowest BCUT2D eigenvalue weighted by Crippen LogP contribution is -2.03. The summed E-state index contributed by atoms with van der Waals surface area (Å²) in [6, 6.07) is 77.0. The van der Waals surface area contributed by atoms with E-state index in [1.165, 1.54) is 32.6 Å². The van der Waals surface area contributed by atoms with Crippen molar-refractivity contribution in [2.45, 2.75) is 0 Å². The SMILES string of the molecule is c1ccc(-n2c3ccccc3c3cc(-c4cc5c6oc7c8c(cccc8c8cc9ccccc9cc8n5-c5ccccc5)ccc7n(-c5ccccc5)c6c4)ccc32)cc1. The zero-order valence-corrected chi connectivity index (χ0v) is 32.5. The van der Waals surface area contributed by atoms with Crippen molar-refractivity contribution in [3.8, 4) is 28.2 Å². The maximum atomic E-state index is 7.45. The lowest BCUT2D eigenvalue weighted by molar-refractivity contribution is 0.659. The molecule has 0 fully saturated rings. The van der Waals surface area contributed by atoms with E-state index in [2.05, 4.69) is 226 Å². The molecule has 0 spiro atoms. The fourth-order valence-corrected chi connectivity index (χ4v) is 9.75. The Hall–Kier alpha value is -8.08. The van der Waals surface area contributed by atoms with Gasteiger partial charge in [0.1, 0.15) is 0 Å². The van der Waals surface area contributed by atoms with Crippen LogP contribution in [0.5, 0.6) is 0 Å². The lowest BCUT2D eigenvalue weighted by atomic mass is 9.99. The Morgan fingerprint density at radius 2 is 0.783 bits per heavy atom. The van der Waals surface area contributed by atoms with Crippen molar-refractivity contribution in [2.75, 3.05) is 0 Å². The summed E-state index contributed by atoms with van der Waals surface area (Å²) >= 11 is 0. The van der Waals surface area contributed by atoms with Gasteiger partial charge in [0.15, 0.2) is 11.2 Å².